The van der Waals surface area contributed by atoms with Gasteiger partial charge in [0, 0.05) is 25.3 Å². The summed E-state index contributed by atoms with van der Waals surface area (Å²) < 4.78 is 31.9. The molecule has 0 heterocycles. The van der Waals surface area contributed by atoms with Crippen LogP contribution in [0.1, 0.15) is 35.2 Å². The van der Waals surface area contributed by atoms with E-state index in [0.29, 0.717) is 12.1 Å². The number of carbonyl (C=O) groups is 1. The zero-order valence-electron chi connectivity index (χ0n) is 15.2. The van der Waals surface area contributed by atoms with Gasteiger partial charge >= 0.3 is 0 Å². The summed E-state index contributed by atoms with van der Waals surface area (Å²) in [7, 11) is -2.18. The molecule has 1 aromatic rings. The fourth-order valence-corrected chi connectivity index (χ4v) is 4.17. The van der Waals surface area contributed by atoms with Crippen molar-refractivity contribution >= 4 is 28.3 Å². The summed E-state index contributed by atoms with van der Waals surface area (Å²) >= 11 is 0. The number of nitrogens with one attached hydrogen (secondary N) is 2. The number of methoxy groups -OCH3 is 1. The van der Waals surface area contributed by atoms with Crippen LogP contribution in [0.3, 0.4) is 0 Å². The molecule has 2 rings (SSSR count). The highest BCUT2D eigenvalue weighted by molar-refractivity contribution is 7.89. The van der Waals surface area contributed by atoms with E-state index >= 15 is 0 Å². The number of halogens is 1. The van der Waals surface area contributed by atoms with Crippen molar-refractivity contribution in [1.29, 1.82) is 0 Å². The summed E-state index contributed by atoms with van der Waals surface area (Å²) in [6.45, 7) is 2.79. The summed E-state index contributed by atoms with van der Waals surface area (Å²) in [5.41, 5.74) is 6.86. The number of benzene rings is 1. The number of rotatable bonds is 8. The van der Waals surface area contributed by atoms with Crippen molar-refractivity contribution in [3.8, 4) is 0 Å². The van der Waals surface area contributed by atoms with E-state index in [4.69, 9.17) is 10.5 Å². The number of nitrogens with two attached hydrogens (primary N) is 1. The Morgan fingerprint density at radius 1 is 1.35 bits per heavy atom. The number of ether oxygens (including phenoxy) is 1. The molecule has 1 aliphatic carbocycles. The van der Waals surface area contributed by atoms with Gasteiger partial charge in [-0.1, -0.05) is 12.5 Å². The topological polar surface area (TPSA) is 111 Å². The normalized spacial score (nSPS) is 19.8. The van der Waals surface area contributed by atoms with Gasteiger partial charge in [-0.15, -0.1) is 12.4 Å². The van der Waals surface area contributed by atoms with Gasteiger partial charge in [-0.3, -0.25) is 4.79 Å². The van der Waals surface area contributed by atoms with Gasteiger partial charge in [-0.25, -0.2) is 13.1 Å². The molecular weight excluding hydrogens is 378 g/mol. The van der Waals surface area contributed by atoms with Crippen LogP contribution in [0.2, 0.25) is 0 Å². The van der Waals surface area contributed by atoms with E-state index in [-0.39, 0.29) is 48.3 Å². The highest BCUT2D eigenvalue weighted by Gasteiger charge is 2.28. The lowest BCUT2D eigenvalue weighted by Gasteiger charge is -2.20. The Kier molecular flexibility index (Phi) is 8.99. The molecule has 1 saturated carbocycles. The number of hydrogen-bond donors (Lipinski definition) is 3. The standard InChI is InChI=1S/C17H27N3O4S.ClH/c1-12-6-7-14(25(22,23)19-8-9-24-2)10-15(12)17(21)20-16-5-3-4-13(16)11-18;/h6-7,10,13,16,19H,3-5,8-9,11,18H2,1-2H3,(H,20,21);1H. The van der Waals surface area contributed by atoms with Crippen molar-refractivity contribution in [2.24, 2.45) is 11.7 Å². The van der Waals surface area contributed by atoms with Crippen LogP contribution in [0.5, 0.6) is 0 Å². The molecule has 0 aromatic heterocycles. The van der Waals surface area contributed by atoms with Crippen LogP contribution in [0.4, 0.5) is 0 Å². The van der Waals surface area contributed by atoms with Crippen LogP contribution in [0.25, 0.3) is 0 Å². The molecule has 1 fully saturated rings. The number of carbonyl (C=O) groups excluding carboxylic acids is 1. The molecule has 9 heteroatoms. The van der Waals surface area contributed by atoms with E-state index < -0.39 is 10.0 Å². The van der Waals surface area contributed by atoms with Crippen molar-refractivity contribution in [3.63, 3.8) is 0 Å². The summed E-state index contributed by atoms with van der Waals surface area (Å²) in [6.07, 6.45) is 2.96. The molecule has 148 valence electrons. The van der Waals surface area contributed by atoms with Crippen LogP contribution in [0.15, 0.2) is 23.1 Å². The van der Waals surface area contributed by atoms with Crippen molar-refractivity contribution in [3.05, 3.63) is 29.3 Å². The van der Waals surface area contributed by atoms with Gasteiger partial charge in [-0.2, -0.15) is 0 Å². The first-order valence-corrected chi connectivity index (χ1v) is 9.97. The molecule has 0 spiro atoms. The molecule has 1 aromatic carbocycles. The van der Waals surface area contributed by atoms with E-state index in [0.717, 1.165) is 24.8 Å². The smallest absolute Gasteiger partial charge is 0.251 e. The number of aryl methyl sites for hydroxylation is 1. The van der Waals surface area contributed by atoms with E-state index in [9.17, 15) is 13.2 Å². The summed E-state index contributed by atoms with van der Waals surface area (Å²) in [5, 5.41) is 3.01. The van der Waals surface area contributed by atoms with E-state index in [1.54, 1.807) is 13.0 Å². The van der Waals surface area contributed by atoms with Gasteiger partial charge in [-0.05, 0) is 49.9 Å². The van der Waals surface area contributed by atoms with Crippen molar-refractivity contribution in [1.82, 2.24) is 10.0 Å². The second kappa shape index (κ2) is 10.2. The number of amides is 1. The van der Waals surface area contributed by atoms with Gasteiger partial charge in [0.05, 0.1) is 11.5 Å². The fraction of sp³-hybridized carbons (Fsp3) is 0.588. The van der Waals surface area contributed by atoms with Crippen LogP contribution in [-0.2, 0) is 14.8 Å². The van der Waals surface area contributed by atoms with Crippen LogP contribution < -0.4 is 15.8 Å². The third-order valence-electron chi connectivity index (χ3n) is 4.64. The highest BCUT2D eigenvalue weighted by atomic mass is 35.5. The second-order valence-electron chi connectivity index (χ2n) is 6.37. The molecule has 2 unspecified atom stereocenters. The van der Waals surface area contributed by atoms with Gasteiger partial charge < -0.3 is 15.8 Å². The lowest BCUT2D eigenvalue weighted by molar-refractivity contribution is 0.0928. The molecule has 1 aliphatic rings. The predicted molar refractivity (Wildman–Crippen MR) is 103 cm³/mol. The van der Waals surface area contributed by atoms with Crippen LogP contribution in [0, 0.1) is 12.8 Å². The average Bonchev–Trinajstić information content (AvgIpc) is 3.02. The van der Waals surface area contributed by atoms with E-state index in [1.165, 1.54) is 19.2 Å². The SMILES string of the molecule is COCCNS(=O)(=O)c1ccc(C)c(C(=O)NC2CCCC2CN)c1.Cl. The van der Waals surface area contributed by atoms with Gasteiger partial charge in [0.15, 0.2) is 0 Å². The minimum Gasteiger partial charge on any atom is -0.383 e. The van der Waals surface area contributed by atoms with Crippen molar-refractivity contribution < 1.29 is 17.9 Å². The van der Waals surface area contributed by atoms with Gasteiger partial charge in [0.2, 0.25) is 10.0 Å². The molecule has 2 atom stereocenters. The zero-order chi connectivity index (χ0) is 18.4. The molecule has 1 amide bonds. The fourth-order valence-electron chi connectivity index (χ4n) is 3.13. The molecule has 0 saturated heterocycles. The second-order valence-corrected chi connectivity index (χ2v) is 8.14. The Morgan fingerprint density at radius 2 is 2.08 bits per heavy atom. The average molecular weight is 406 g/mol. The molecule has 7 nitrogen and oxygen atoms in total. The van der Waals surface area contributed by atoms with Gasteiger partial charge in [0.25, 0.3) is 5.91 Å². The Labute approximate surface area is 161 Å². The molecule has 0 bridgehead atoms. The minimum absolute atomic E-state index is 0. The maximum atomic E-state index is 12.6. The Balaban J connectivity index is 0.00000338. The Bertz CT molecular complexity index is 712. The molecule has 26 heavy (non-hydrogen) atoms. The zero-order valence-corrected chi connectivity index (χ0v) is 16.8. The van der Waals surface area contributed by atoms with Crippen molar-refractivity contribution in [2.45, 2.75) is 37.1 Å². The lowest BCUT2D eigenvalue weighted by atomic mass is 10.0. The monoisotopic (exact) mass is 405 g/mol. The minimum atomic E-state index is -3.68. The highest BCUT2D eigenvalue weighted by Crippen LogP contribution is 2.25. The molecule has 0 aliphatic heterocycles. The number of hydrogen-bond acceptors (Lipinski definition) is 5. The first-order valence-electron chi connectivity index (χ1n) is 8.49. The van der Waals surface area contributed by atoms with Crippen LogP contribution in [-0.4, -0.2) is 47.2 Å². The summed E-state index contributed by atoms with van der Waals surface area (Å²) in [6, 6.07) is 4.62. The van der Waals surface area contributed by atoms with Crippen LogP contribution >= 0.6 is 12.4 Å². The maximum absolute atomic E-state index is 12.6. The van der Waals surface area contributed by atoms with E-state index in [1.807, 2.05) is 0 Å². The first-order chi connectivity index (χ1) is 11.9. The lowest BCUT2D eigenvalue weighted by Crippen LogP contribution is -2.40. The number of sulfonamides is 1. The maximum Gasteiger partial charge on any atom is 0.251 e. The summed E-state index contributed by atoms with van der Waals surface area (Å²) in [5.74, 6) is 0.0312. The first kappa shape index (κ1) is 22.9. The Hall–Kier alpha value is -1.19. The summed E-state index contributed by atoms with van der Waals surface area (Å²) in [4.78, 5) is 12.7. The third kappa shape index (κ3) is 5.65. The largest absolute Gasteiger partial charge is 0.383 e. The molecule has 4 N–H and O–H groups in total. The van der Waals surface area contributed by atoms with Crippen molar-refractivity contribution in [2.75, 3.05) is 26.8 Å². The Morgan fingerprint density at radius 3 is 2.73 bits per heavy atom. The molecular formula is C17H28ClN3O4S. The van der Waals surface area contributed by atoms with Gasteiger partial charge in [0.1, 0.15) is 0 Å². The predicted octanol–water partition coefficient (Wildman–Crippen LogP) is 1.20. The quantitative estimate of drug-likeness (QED) is 0.563. The third-order valence-corrected chi connectivity index (χ3v) is 6.10. The van der Waals surface area contributed by atoms with E-state index in [2.05, 4.69) is 10.0 Å². The molecule has 0 radical (unpaired) electrons.